The van der Waals surface area contributed by atoms with Crippen molar-refractivity contribution in [3.05, 3.63) is 74.3 Å². The number of nitrogens with zero attached hydrogens (tertiary/aromatic N) is 2. The van der Waals surface area contributed by atoms with Gasteiger partial charge >= 0.3 is 10.2 Å². The molecule has 218 valence electrons. The minimum atomic E-state index is -4.08. The number of aryl methyl sites for hydroxylation is 1. The number of carbonyl (C=O) groups is 1. The molecule has 1 amide bonds. The Kier molecular flexibility index (Phi) is 7.70. The van der Waals surface area contributed by atoms with Gasteiger partial charge < -0.3 is 15.4 Å². The summed E-state index contributed by atoms with van der Waals surface area (Å²) in [7, 11) is -2.63. The number of carbonyl (C=O) groups excluding carboxylic acids is 1. The smallest absolute Gasteiger partial charge is 0.301 e. The largest absolute Gasteiger partial charge is 0.454 e. The predicted molar refractivity (Wildman–Crippen MR) is 152 cm³/mol. The summed E-state index contributed by atoms with van der Waals surface area (Å²) in [6.45, 7) is 2.66. The van der Waals surface area contributed by atoms with Crippen LogP contribution in [0.15, 0.2) is 41.2 Å². The Morgan fingerprint density at radius 2 is 1.83 bits per heavy atom. The maximum Gasteiger partial charge on any atom is 0.301 e. The molecule has 2 heterocycles. The van der Waals surface area contributed by atoms with Crippen LogP contribution in [0.4, 0.5) is 26.0 Å². The number of aromatic nitrogens is 1. The van der Waals surface area contributed by atoms with Gasteiger partial charge in [-0.2, -0.15) is 12.7 Å². The number of hydrogen-bond acceptors (Lipinski definition) is 6. The molecule has 0 unspecified atom stereocenters. The van der Waals surface area contributed by atoms with Crippen molar-refractivity contribution in [1.29, 1.82) is 0 Å². The average Bonchev–Trinajstić information content (AvgIpc) is 3.71. The van der Waals surface area contributed by atoms with Crippen LogP contribution < -0.4 is 25.7 Å². The molecule has 1 saturated carbocycles. The van der Waals surface area contributed by atoms with Crippen molar-refractivity contribution in [3.63, 3.8) is 0 Å². The molecular formula is C27H28ClF2N5O5S. The van der Waals surface area contributed by atoms with Gasteiger partial charge in [-0.3, -0.25) is 18.9 Å². The number of benzene rings is 2. The van der Waals surface area contributed by atoms with Crippen molar-refractivity contribution in [2.45, 2.75) is 38.9 Å². The highest BCUT2D eigenvalue weighted by Crippen LogP contribution is 2.40. The lowest BCUT2D eigenvalue weighted by atomic mass is 10.1. The molecule has 1 saturated heterocycles. The van der Waals surface area contributed by atoms with Crippen molar-refractivity contribution in [3.8, 4) is 11.5 Å². The lowest BCUT2D eigenvalue weighted by Crippen LogP contribution is -2.53. The van der Waals surface area contributed by atoms with Gasteiger partial charge in [0.2, 0.25) is 0 Å². The van der Waals surface area contributed by atoms with Crippen LogP contribution in [0.3, 0.4) is 0 Å². The number of hydrogen-bond donors (Lipinski definition) is 3. The molecule has 2 aromatic carbocycles. The molecule has 3 aromatic rings. The highest BCUT2D eigenvalue weighted by molar-refractivity contribution is 7.90. The van der Waals surface area contributed by atoms with Crippen molar-refractivity contribution < 1.29 is 26.7 Å². The molecule has 2 aliphatic rings. The van der Waals surface area contributed by atoms with Gasteiger partial charge in [0.1, 0.15) is 34.1 Å². The second-order valence-electron chi connectivity index (χ2n) is 10.1. The Morgan fingerprint density at radius 3 is 2.46 bits per heavy atom. The normalized spacial score (nSPS) is 15.8. The number of halogens is 3. The second-order valence-corrected chi connectivity index (χ2v) is 12.2. The Labute approximate surface area is 240 Å². The lowest BCUT2D eigenvalue weighted by molar-refractivity contribution is 0.0948. The fourth-order valence-electron chi connectivity index (χ4n) is 4.30. The summed E-state index contributed by atoms with van der Waals surface area (Å²) in [5, 5.41) is 5.60. The van der Waals surface area contributed by atoms with E-state index >= 15 is 0 Å². The number of alkyl halides is 1. The first-order valence-electron chi connectivity index (χ1n) is 12.8. The zero-order valence-corrected chi connectivity index (χ0v) is 24.0. The van der Waals surface area contributed by atoms with Gasteiger partial charge in [-0.25, -0.2) is 8.78 Å². The first-order valence-corrected chi connectivity index (χ1v) is 14.6. The zero-order chi connectivity index (χ0) is 29.6. The summed E-state index contributed by atoms with van der Waals surface area (Å²) in [6.07, 6.45) is 0.337. The first kappa shape index (κ1) is 28.8. The van der Waals surface area contributed by atoms with Gasteiger partial charge in [0.05, 0.1) is 16.9 Å². The molecule has 1 aliphatic heterocycles. The van der Waals surface area contributed by atoms with Gasteiger partial charge in [0.15, 0.2) is 5.75 Å². The Bertz CT molecular complexity index is 1710. The van der Waals surface area contributed by atoms with Crippen LogP contribution in [0.25, 0.3) is 0 Å². The summed E-state index contributed by atoms with van der Waals surface area (Å²) in [5.74, 6) is -1.33. The van der Waals surface area contributed by atoms with Crippen LogP contribution in [0.2, 0.25) is 5.02 Å². The zero-order valence-electron chi connectivity index (χ0n) is 22.4. The van der Waals surface area contributed by atoms with Crippen LogP contribution in [-0.2, 0) is 17.3 Å². The Hall–Kier alpha value is -3.68. The lowest BCUT2D eigenvalue weighted by Gasteiger charge is -2.33. The van der Waals surface area contributed by atoms with E-state index in [1.54, 1.807) is 13.0 Å². The van der Waals surface area contributed by atoms with E-state index in [0.29, 0.717) is 5.56 Å². The summed E-state index contributed by atoms with van der Waals surface area (Å²) in [4.78, 5) is 26.8. The molecule has 1 aliphatic carbocycles. The summed E-state index contributed by atoms with van der Waals surface area (Å²) < 4.78 is 63.8. The maximum atomic E-state index is 14.8. The third-order valence-corrected chi connectivity index (χ3v) is 8.69. The molecule has 2 fully saturated rings. The van der Waals surface area contributed by atoms with E-state index in [-0.39, 0.29) is 64.0 Å². The third-order valence-electron chi connectivity index (χ3n) is 6.84. The monoisotopic (exact) mass is 607 g/mol. The minimum Gasteiger partial charge on any atom is -0.454 e. The average molecular weight is 608 g/mol. The minimum absolute atomic E-state index is 0.0111. The molecule has 0 bridgehead atoms. The van der Waals surface area contributed by atoms with Crippen LogP contribution in [0.5, 0.6) is 11.5 Å². The fourth-order valence-corrected chi connectivity index (χ4v) is 5.86. The van der Waals surface area contributed by atoms with Gasteiger partial charge in [0.25, 0.3) is 11.5 Å². The van der Waals surface area contributed by atoms with Crippen LogP contribution >= 0.6 is 11.6 Å². The van der Waals surface area contributed by atoms with E-state index in [1.807, 2.05) is 0 Å². The van der Waals surface area contributed by atoms with E-state index in [4.69, 9.17) is 16.3 Å². The molecule has 10 nitrogen and oxygen atoms in total. The summed E-state index contributed by atoms with van der Waals surface area (Å²) >= 11 is 6.52. The van der Waals surface area contributed by atoms with Gasteiger partial charge in [-0.15, -0.1) is 0 Å². The number of nitrogens with one attached hydrogen (secondary N) is 3. The van der Waals surface area contributed by atoms with Gasteiger partial charge in [0, 0.05) is 26.2 Å². The van der Waals surface area contributed by atoms with Crippen LogP contribution in [0, 0.1) is 19.7 Å². The standard InChI is InChI=1S/C27H28ClF2N5O5S/c1-14-7-10-19(18(30)11-14)32-25-22(26(36)31-17-8-9-17)24(15(2)27(37)34(25)3)40-21-6-4-5-20(23(21)28)33-41(38,39)35-12-16(29)13-35/h4-7,10-11,16-17,32-33H,8-9,12-13H2,1-3H3,(H,31,36). The molecule has 0 spiro atoms. The number of anilines is 3. The number of ether oxygens (including phenoxy) is 1. The Balaban J connectivity index is 1.58. The fraction of sp³-hybridized carbons (Fsp3) is 0.333. The summed E-state index contributed by atoms with van der Waals surface area (Å²) in [6, 6.07) is 8.73. The summed E-state index contributed by atoms with van der Waals surface area (Å²) in [5.41, 5.74) is 0.164. The van der Waals surface area contributed by atoms with Crippen molar-refractivity contribution in [2.24, 2.45) is 7.05 Å². The quantitative estimate of drug-likeness (QED) is 0.329. The molecule has 0 atom stereocenters. The van der Waals surface area contributed by atoms with Crippen LogP contribution in [-0.4, -0.2) is 48.5 Å². The highest BCUT2D eigenvalue weighted by Gasteiger charge is 2.36. The molecule has 3 N–H and O–H groups in total. The van der Waals surface area contributed by atoms with E-state index in [1.165, 1.54) is 48.9 Å². The third kappa shape index (κ3) is 5.88. The van der Waals surface area contributed by atoms with E-state index < -0.39 is 33.7 Å². The van der Waals surface area contributed by atoms with Gasteiger partial charge in [-0.1, -0.05) is 23.7 Å². The predicted octanol–water partition coefficient (Wildman–Crippen LogP) is 4.53. The number of pyridine rings is 1. The Morgan fingerprint density at radius 1 is 1.12 bits per heavy atom. The van der Waals surface area contributed by atoms with E-state index in [2.05, 4.69) is 15.4 Å². The molecule has 5 rings (SSSR count). The van der Waals surface area contributed by atoms with Crippen molar-refractivity contribution in [1.82, 2.24) is 14.2 Å². The second kappa shape index (κ2) is 11.0. The molecule has 1 aromatic heterocycles. The first-order chi connectivity index (χ1) is 19.4. The molecule has 14 heteroatoms. The van der Waals surface area contributed by atoms with E-state index in [0.717, 1.165) is 17.1 Å². The highest BCUT2D eigenvalue weighted by atomic mass is 35.5. The number of rotatable bonds is 9. The number of amides is 1. The molecular weight excluding hydrogens is 580 g/mol. The topological polar surface area (TPSA) is 122 Å². The van der Waals surface area contributed by atoms with Crippen molar-refractivity contribution >= 4 is 44.9 Å². The van der Waals surface area contributed by atoms with Gasteiger partial charge in [-0.05, 0) is 56.5 Å². The van der Waals surface area contributed by atoms with Crippen LogP contribution in [0.1, 0.15) is 34.3 Å². The maximum absolute atomic E-state index is 14.8. The van der Waals surface area contributed by atoms with E-state index in [9.17, 15) is 26.8 Å². The molecule has 0 radical (unpaired) electrons. The molecule has 41 heavy (non-hydrogen) atoms. The van der Waals surface area contributed by atoms with Crippen molar-refractivity contribution in [2.75, 3.05) is 23.1 Å². The SMILES string of the molecule is Cc1ccc(Nc2c(C(=O)NC3CC3)c(Oc3cccc(NS(=O)(=O)N4CC(F)C4)c3Cl)c(C)c(=O)n2C)c(F)c1.